The van der Waals surface area contributed by atoms with Crippen LogP contribution in [-0.2, 0) is 6.54 Å². The highest BCUT2D eigenvalue weighted by Crippen LogP contribution is 2.34. The fourth-order valence-corrected chi connectivity index (χ4v) is 3.17. The van der Waals surface area contributed by atoms with Gasteiger partial charge in [0.25, 0.3) is 5.91 Å². The van der Waals surface area contributed by atoms with Gasteiger partial charge in [-0.2, -0.15) is 0 Å². The summed E-state index contributed by atoms with van der Waals surface area (Å²) in [7, 11) is 5.17. The average molecular weight is 400 g/mol. The van der Waals surface area contributed by atoms with Crippen molar-refractivity contribution in [1.29, 1.82) is 0 Å². The molecule has 0 bridgehead atoms. The van der Waals surface area contributed by atoms with E-state index in [2.05, 4.69) is 9.88 Å². The number of carbonyl (C=O) groups excluding carboxylic acids is 1. The molecule has 7 nitrogen and oxygen atoms in total. The Morgan fingerprint density at radius 2 is 1.72 bits per heavy atom. The summed E-state index contributed by atoms with van der Waals surface area (Å²) in [6.45, 7) is 2.98. The maximum absolute atomic E-state index is 12.5. The first-order valence-electron chi connectivity index (χ1n) is 9.76. The van der Waals surface area contributed by atoms with Gasteiger partial charge in [-0.25, -0.2) is 0 Å². The Morgan fingerprint density at radius 3 is 2.28 bits per heavy atom. The summed E-state index contributed by atoms with van der Waals surface area (Å²) in [6, 6.07) is 9.36. The van der Waals surface area contributed by atoms with Crippen LogP contribution >= 0.6 is 0 Å². The van der Waals surface area contributed by atoms with E-state index in [1.165, 1.54) is 0 Å². The predicted octanol–water partition coefficient (Wildman–Crippen LogP) is 1.81. The first kappa shape index (κ1) is 22.6. The normalized spacial score (nSPS) is 12.4. The Kier molecular flexibility index (Phi) is 9.40. The van der Waals surface area contributed by atoms with Crippen LogP contribution in [0.25, 0.3) is 0 Å². The van der Waals surface area contributed by atoms with Gasteiger partial charge in [0, 0.05) is 31.0 Å². The molecule has 1 aliphatic rings. The minimum Gasteiger partial charge on any atom is -0.854 e. The number of rotatable bonds is 9. The summed E-state index contributed by atoms with van der Waals surface area (Å²) in [6.07, 6.45) is 5.06. The molecule has 0 unspecified atom stereocenters. The van der Waals surface area contributed by atoms with E-state index in [-0.39, 0.29) is 12.5 Å². The van der Waals surface area contributed by atoms with Gasteiger partial charge in [-0.3, -0.25) is 9.78 Å². The van der Waals surface area contributed by atoms with Crippen LogP contribution in [0.15, 0.2) is 42.7 Å². The van der Waals surface area contributed by atoms with Crippen molar-refractivity contribution in [3.8, 4) is 11.5 Å². The lowest BCUT2D eigenvalue weighted by Crippen LogP contribution is -2.29. The summed E-state index contributed by atoms with van der Waals surface area (Å²) >= 11 is 0. The van der Waals surface area contributed by atoms with Crippen LogP contribution in [0.2, 0.25) is 0 Å². The number of ether oxygens (including phenoxy) is 2. The molecule has 0 atom stereocenters. The fourth-order valence-electron chi connectivity index (χ4n) is 3.17. The molecule has 0 aliphatic carbocycles. The monoisotopic (exact) mass is 400 g/mol. The van der Waals surface area contributed by atoms with Crippen LogP contribution in [0, 0.1) is 0 Å². The van der Waals surface area contributed by atoms with Gasteiger partial charge in [-0.1, -0.05) is 12.5 Å². The number of fused-ring (bicyclic) bond motifs is 1. The maximum Gasteiger partial charge on any atom is 0.254 e. The van der Waals surface area contributed by atoms with Crippen LogP contribution in [0.4, 0.5) is 0 Å². The van der Waals surface area contributed by atoms with E-state index in [4.69, 9.17) is 9.47 Å². The van der Waals surface area contributed by atoms with Gasteiger partial charge in [-0.05, 0) is 56.4 Å². The van der Waals surface area contributed by atoms with Crippen molar-refractivity contribution in [2.75, 3.05) is 47.5 Å². The third-order valence-corrected chi connectivity index (χ3v) is 4.71. The lowest BCUT2D eigenvalue weighted by Gasteiger charge is -2.20. The second-order valence-electron chi connectivity index (χ2n) is 6.83. The summed E-state index contributed by atoms with van der Waals surface area (Å²) < 4.78 is 10.6. The van der Waals surface area contributed by atoms with Crippen molar-refractivity contribution in [2.45, 2.75) is 19.4 Å². The van der Waals surface area contributed by atoms with Gasteiger partial charge >= 0.3 is 0 Å². The number of hydrogen-bond acceptors (Lipinski definition) is 6. The number of aromatic nitrogens is 1. The highest BCUT2D eigenvalue weighted by atomic mass is 16.5. The minimum absolute atomic E-state index is 0.0338. The van der Waals surface area contributed by atoms with Crippen molar-refractivity contribution in [1.82, 2.24) is 14.8 Å². The van der Waals surface area contributed by atoms with E-state index in [0.29, 0.717) is 36.6 Å². The first-order valence-corrected chi connectivity index (χ1v) is 9.76. The Balaban J connectivity index is 0.000000426. The van der Waals surface area contributed by atoms with Crippen molar-refractivity contribution in [3.63, 3.8) is 0 Å². The number of carbonyl (C=O) groups is 1. The van der Waals surface area contributed by atoms with E-state index < -0.39 is 0 Å². The summed E-state index contributed by atoms with van der Waals surface area (Å²) in [5.41, 5.74) is 1.68. The molecule has 29 heavy (non-hydrogen) atoms. The maximum atomic E-state index is 12.5. The number of benzene rings is 1. The van der Waals surface area contributed by atoms with Crippen LogP contribution in [0.3, 0.4) is 0 Å². The second kappa shape index (κ2) is 12.0. The van der Waals surface area contributed by atoms with Gasteiger partial charge in [0.05, 0.1) is 14.2 Å². The van der Waals surface area contributed by atoms with Crippen molar-refractivity contribution < 1.29 is 19.4 Å². The third kappa shape index (κ3) is 6.73. The highest BCUT2D eigenvalue weighted by Gasteiger charge is 2.28. The fraction of sp³-hybridized carbons (Fsp3) is 0.455. The molecule has 0 N–H and O–H groups in total. The quantitative estimate of drug-likeness (QED) is 0.639. The molecule has 7 heteroatoms. The largest absolute Gasteiger partial charge is 0.854 e. The lowest BCUT2D eigenvalue weighted by molar-refractivity contribution is -0.368. The summed E-state index contributed by atoms with van der Waals surface area (Å²) in [5, 5.41) is 10.5. The molecule has 3 rings (SSSR count). The third-order valence-electron chi connectivity index (χ3n) is 4.71. The molecule has 0 fully saturated rings. The van der Waals surface area contributed by atoms with Crippen molar-refractivity contribution in [3.05, 3.63) is 53.9 Å². The topological polar surface area (TPSA) is 78.0 Å². The Bertz CT molecular complexity index is 729. The van der Waals surface area contributed by atoms with Gasteiger partial charge in [-0.15, -0.1) is 6.61 Å². The minimum atomic E-state index is -0.0338. The molecule has 158 valence electrons. The van der Waals surface area contributed by atoms with E-state index in [1.807, 2.05) is 36.2 Å². The van der Waals surface area contributed by atoms with Crippen LogP contribution < -0.4 is 14.6 Å². The van der Waals surface area contributed by atoms with E-state index in [0.717, 1.165) is 25.1 Å². The average Bonchev–Trinajstić information content (AvgIpc) is 3.07. The van der Waals surface area contributed by atoms with Gasteiger partial charge in [0.15, 0.2) is 11.5 Å². The second-order valence-corrected chi connectivity index (χ2v) is 6.83. The molecule has 1 aromatic carbocycles. The molecule has 1 amide bonds. The van der Waals surface area contributed by atoms with E-state index in [9.17, 15) is 9.90 Å². The van der Waals surface area contributed by atoms with Crippen LogP contribution in [-0.4, -0.2) is 68.2 Å². The standard InChI is InChI=1S/C17H25N2O4.C5H5N/c1-18(7-5-9-20)6-4-8-19-12-13-10-15(22-2)16(23-3)11-14(13)17(19)21;1-2-4-6-5-3-1/h10-11H,4-9,12H2,1-3H3;1-5H/q-1;. The molecular weight excluding hydrogens is 370 g/mol. The van der Waals surface area contributed by atoms with Crippen LogP contribution in [0.5, 0.6) is 11.5 Å². The lowest BCUT2D eigenvalue weighted by atomic mass is 10.1. The zero-order chi connectivity index (χ0) is 21.1. The molecule has 2 aromatic rings. The van der Waals surface area contributed by atoms with Crippen LogP contribution in [0.1, 0.15) is 28.8 Å². The zero-order valence-electron chi connectivity index (χ0n) is 17.5. The molecule has 2 heterocycles. The number of methoxy groups -OCH3 is 2. The van der Waals surface area contributed by atoms with Gasteiger partial charge in [0.1, 0.15) is 0 Å². The Labute approximate surface area is 172 Å². The predicted molar refractivity (Wildman–Crippen MR) is 110 cm³/mol. The molecule has 1 aromatic heterocycles. The Hall–Kier alpha value is -2.64. The smallest absolute Gasteiger partial charge is 0.254 e. The number of hydrogen-bond donors (Lipinski definition) is 0. The van der Waals surface area contributed by atoms with Gasteiger partial charge in [0.2, 0.25) is 0 Å². The zero-order valence-corrected chi connectivity index (χ0v) is 17.5. The number of nitrogens with zero attached hydrogens (tertiary/aromatic N) is 3. The van der Waals surface area contributed by atoms with Crippen molar-refractivity contribution >= 4 is 5.91 Å². The number of pyridine rings is 1. The van der Waals surface area contributed by atoms with E-state index in [1.54, 1.807) is 32.7 Å². The molecule has 0 saturated carbocycles. The van der Waals surface area contributed by atoms with E-state index >= 15 is 0 Å². The molecule has 0 spiro atoms. The molecule has 1 aliphatic heterocycles. The van der Waals surface area contributed by atoms with Crippen molar-refractivity contribution in [2.24, 2.45) is 0 Å². The Morgan fingerprint density at radius 1 is 1.07 bits per heavy atom. The molecular formula is C22H30N3O4-. The number of amides is 1. The highest BCUT2D eigenvalue weighted by molar-refractivity contribution is 5.99. The molecule has 0 saturated heterocycles. The SMILES string of the molecule is COc1cc2c(cc1OC)C(=O)N(CCCN(C)CCC[O-])C2.c1ccncc1. The summed E-state index contributed by atoms with van der Waals surface area (Å²) in [4.78, 5) is 20.3. The molecule has 0 radical (unpaired) electrons. The first-order chi connectivity index (χ1) is 14.1. The summed E-state index contributed by atoms with van der Waals surface area (Å²) in [5.74, 6) is 1.28. The van der Waals surface area contributed by atoms with Gasteiger partial charge < -0.3 is 24.4 Å².